The van der Waals surface area contributed by atoms with Crippen LogP contribution in [0, 0.1) is 0 Å². The number of carbonyl (C=O) groups is 2. The molecule has 1 atom stereocenters. The molecular formula is C24H29N5O4. The minimum Gasteiger partial charge on any atom is -0.453 e. The largest absolute Gasteiger partial charge is 0.453 e. The maximum absolute atomic E-state index is 12.5. The summed E-state index contributed by atoms with van der Waals surface area (Å²) in [7, 11) is 1.29. The Morgan fingerprint density at radius 3 is 2.58 bits per heavy atom. The third-order valence-corrected chi connectivity index (χ3v) is 4.73. The Bertz CT molecular complexity index is 1180. The van der Waals surface area contributed by atoms with E-state index < -0.39 is 23.8 Å². The number of carbonyl (C=O) groups excluding carboxylic acids is 2. The Kier molecular flexibility index (Phi) is 6.91. The van der Waals surface area contributed by atoms with E-state index in [1.807, 2.05) is 24.3 Å². The molecule has 33 heavy (non-hydrogen) atoms. The molecule has 9 heteroatoms. The van der Waals surface area contributed by atoms with Gasteiger partial charge in [0.25, 0.3) is 0 Å². The van der Waals surface area contributed by atoms with Crippen LogP contribution in [-0.4, -0.2) is 34.7 Å². The lowest BCUT2D eigenvalue weighted by atomic mass is 10.1. The molecular weight excluding hydrogens is 422 g/mol. The minimum absolute atomic E-state index is 0.407. The number of anilines is 2. The molecule has 0 fully saturated rings. The summed E-state index contributed by atoms with van der Waals surface area (Å²) in [5.74, 6) is 0. The lowest BCUT2D eigenvalue weighted by Crippen LogP contribution is -2.35. The van der Waals surface area contributed by atoms with Crippen LogP contribution < -0.4 is 16.4 Å². The van der Waals surface area contributed by atoms with Crippen molar-refractivity contribution in [3.8, 4) is 5.69 Å². The molecule has 0 saturated heterocycles. The predicted molar refractivity (Wildman–Crippen MR) is 128 cm³/mol. The van der Waals surface area contributed by atoms with Gasteiger partial charge in [-0.25, -0.2) is 14.3 Å². The summed E-state index contributed by atoms with van der Waals surface area (Å²) in [5, 5.41) is 11.1. The number of nitrogen functional groups attached to an aromatic ring is 1. The molecule has 0 aliphatic rings. The van der Waals surface area contributed by atoms with Crippen molar-refractivity contribution in [1.29, 1.82) is 0 Å². The van der Waals surface area contributed by atoms with Crippen molar-refractivity contribution < 1.29 is 19.1 Å². The molecule has 0 spiro atoms. The minimum atomic E-state index is -0.626. The van der Waals surface area contributed by atoms with E-state index in [9.17, 15) is 9.59 Å². The van der Waals surface area contributed by atoms with Crippen molar-refractivity contribution in [1.82, 2.24) is 15.1 Å². The Morgan fingerprint density at radius 1 is 1.21 bits per heavy atom. The number of nitrogens with two attached hydrogens (primary N) is 1. The van der Waals surface area contributed by atoms with E-state index in [0.717, 1.165) is 10.9 Å². The Morgan fingerprint density at radius 2 is 1.94 bits per heavy atom. The van der Waals surface area contributed by atoms with Gasteiger partial charge in [0.05, 0.1) is 35.7 Å². The van der Waals surface area contributed by atoms with Crippen molar-refractivity contribution in [3.63, 3.8) is 0 Å². The third kappa shape index (κ3) is 5.62. The molecule has 0 bridgehead atoms. The quantitative estimate of drug-likeness (QED) is 0.361. The molecule has 2 aromatic carbocycles. The number of hydrogen-bond acceptors (Lipinski definition) is 6. The molecule has 1 aromatic heterocycles. The van der Waals surface area contributed by atoms with E-state index in [-0.39, 0.29) is 0 Å². The molecule has 0 aliphatic carbocycles. The van der Waals surface area contributed by atoms with Crippen LogP contribution in [0.3, 0.4) is 0 Å². The monoisotopic (exact) mass is 451 g/mol. The van der Waals surface area contributed by atoms with Gasteiger partial charge >= 0.3 is 12.2 Å². The number of nitrogens with zero attached hydrogens (tertiary/aromatic N) is 2. The lowest BCUT2D eigenvalue weighted by molar-refractivity contribution is 0.0503. The number of methoxy groups -OCH3 is 1. The van der Waals surface area contributed by atoms with Crippen LogP contribution in [0.15, 0.2) is 55.1 Å². The number of aromatic nitrogens is 2. The molecule has 4 N–H and O–H groups in total. The average Bonchev–Trinajstić information content (AvgIpc) is 3.11. The molecule has 1 heterocycles. The van der Waals surface area contributed by atoms with E-state index in [2.05, 4.69) is 21.9 Å². The van der Waals surface area contributed by atoms with Crippen LogP contribution in [-0.2, 0) is 9.47 Å². The predicted octanol–water partition coefficient (Wildman–Crippen LogP) is 4.93. The number of benzene rings is 2. The highest BCUT2D eigenvalue weighted by atomic mass is 16.6. The zero-order valence-electron chi connectivity index (χ0n) is 19.2. The van der Waals surface area contributed by atoms with Crippen molar-refractivity contribution in [2.75, 3.05) is 18.2 Å². The van der Waals surface area contributed by atoms with Crippen molar-refractivity contribution in [3.05, 3.63) is 60.8 Å². The Hall–Kier alpha value is -4.01. The fourth-order valence-electron chi connectivity index (χ4n) is 3.38. The summed E-state index contributed by atoms with van der Waals surface area (Å²) in [4.78, 5) is 24.0. The van der Waals surface area contributed by atoms with E-state index in [1.165, 1.54) is 7.11 Å². The smallest absolute Gasteiger partial charge is 0.411 e. The first-order chi connectivity index (χ1) is 15.6. The summed E-state index contributed by atoms with van der Waals surface area (Å²) in [6.45, 7) is 9.23. The molecule has 0 unspecified atom stereocenters. The fraction of sp³-hybridized carbons (Fsp3) is 0.292. The fourth-order valence-corrected chi connectivity index (χ4v) is 3.38. The van der Waals surface area contributed by atoms with Gasteiger partial charge in [-0.1, -0.05) is 24.3 Å². The van der Waals surface area contributed by atoms with E-state index >= 15 is 0 Å². The topological polar surface area (TPSA) is 120 Å². The van der Waals surface area contributed by atoms with Gasteiger partial charge in [-0.15, -0.1) is 6.58 Å². The zero-order valence-corrected chi connectivity index (χ0v) is 19.2. The van der Waals surface area contributed by atoms with Gasteiger partial charge in [0.15, 0.2) is 0 Å². The second kappa shape index (κ2) is 9.64. The number of amides is 2. The van der Waals surface area contributed by atoms with Crippen LogP contribution in [0.1, 0.15) is 38.9 Å². The van der Waals surface area contributed by atoms with E-state index in [1.54, 1.807) is 49.7 Å². The number of ether oxygens (including phenoxy) is 2. The molecule has 3 rings (SSSR count). The summed E-state index contributed by atoms with van der Waals surface area (Å²) in [6, 6.07) is 12.3. The zero-order chi connectivity index (χ0) is 24.2. The van der Waals surface area contributed by atoms with Gasteiger partial charge in [0.1, 0.15) is 5.60 Å². The first-order valence-corrected chi connectivity index (χ1v) is 10.5. The lowest BCUT2D eigenvalue weighted by Gasteiger charge is -2.22. The van der Waals surface area contributed by atoms with Crippen LogP contribution >= 0.6 is 0 Å². The van der Waals surface area contributed by atoms with E-state index in [0.29, 0.717) is 29.2 Å². The van der Waals surface area contributed by atoms with Crippen LogP contribution in [0.2, 0.25) is 0 Å². The van der Waals surface area contributed by atoms with Crippen LogP contribution in [0.25, 0.3) is 16.6 Å². The second-order valence-electron chi connectivity index (χ2n) is 8.43. The van der Waals surface area contributed by atoms with Gasteiger partial charge in [-0.05, 0) is 51.5 Å². The Labute approximate surface area is 192 Å². The third-order valence-electron chi connectivity index (χ3n) is 4.73. The highest BCUT2D eigenvalue weighted by Crippen LogP contribution is 2.31. The summed E-state index contributed by atoms with van der Waals surface area (Å²) in [5.41, 5.74) is 8.67. The average molecular weight is 452 g/mol. The van der Waals surface area contributed by atoms with Gasteiger partial charge in [-0.2, -0.15) is 5.10 Å². The molecule has 9 nitrogen and oxygen atoms in total. The Balaban J connectivity index is 2.03. The van der Waals surface area contributed by atoms with Crippen molar-refractivity contribution in [2.45, 2.75) is 38.8 Å². The molecule has 174 valence electrons. The number of hydrogen-bond donors (Lipinski definition) is 3. The number of para-hydroxylation sites is 1. The number of fused-ring (bicyclic) bond motifs is 1. The highest BCUT2D eigenvalue weighted by Gasteiger charge is 2.24. The SMILES string of the molecule is C=CC[C@H](NC(=O)OC(C)(C)C)c1nn(-c2ccc(NC(=O)OC)cc2N)c2ccccc12. The number of nitrogens with one attached hydrogen (secondary N) is 2. The van der Waals surface area contributed by atoms with Gasteiger partial charge in [-0.3, -0.25) is 5.32 Å². The van der Waals surface area contributed by atoms with Gasteiger partial charge in [0, 0.05) is 11.1 Å². The molecule has 2 amide bonds. The van der Waals surface area contributed by atoms with E-state index in [4.69, 9.17) is 15.6 Å². The standard InChI is InChI=1S/C24H29N5O4/c1-6-9-18(27-23(31)33-24(2,3)4)21-16-10-7-8-11-19(16)29(28-21)20-13-12-15(14-17(20)25)26-22(30)32-5/h6-8,10-14,18H,1,9,25H2,2-5H3,(H,26,30)(H,27,31)/t18-/m0/s1. The van der Waals surface area contributed by atoms with Crippen LogP contribution in [0.4, 0.5) is 21.0 Å². The number of alkyl carbamates (subject to hydrolysis) is 1. The summed E-state index contributed by atoms with van der Waals surface area (Å²) >= 11 is 0. The molecule has 0 saturated carbocycles. The summed E-state index contributed by atoms with van der Waals surface area (Å²) in [6.07, 6.45) is 1.05. The first kappa shape index (κ1) is 23.6. The first-order valence-electron chi connectivity index (χ1n) is 10.5. The molecule has 3 aromatic rings. The maximum atomic E-state index is 12.5. The highest BCUT2D eigenvalue weighted by molar-refractivity contribution is 5.88. The number of rotatable bonds is 6. The normalized spacial score (nSPS) is 12.1. The summed E-state index contributed by atoms with van der Waals surface area (Å²) < 4.78 is 11.8. The second-order valence-corrected chi connectivity index (χ2v) is 8.43. The van der Waals surface area contributed by atoms with Gasteiger partial charge < -0.3 is 20.5 Å². The maximum Gasteiger partial charge on any atom is 0.411 e. The van der Waals surface area contributed by atoms with Crippen LogP contribution in [0.5, 0.6) is 0 Å². The molecule has 0 aliphatic heterocycles. The van der Waals surface area contributed by atoms with Crippen molar-refractivity contribution >= 4 is 34.5 Å². The van der Waals surface area contributed by atoms with Gasteiger partial charge in [0.2, 0.25) is 0 Å². The van der Waals surface area contributed by atoms with Crippen molar-refractivity contribution in [2.24, 2.45) is 0 Å². The molecule has 0 radical (unpaired) electrons.